The number of ether oxygens (including phenoxy) is 1. The van der Waals surface area contributed by atoms with Crippen molar-refractivity contribution in [3.63, 3.8) is 0 Å². The highest BCUT2D eigenvalue weighted by molar-refractivity contribution is 5.89. The molecule has 1 aliphatic rings. The second-order valence-corrected chi connectivity index (χ2v) is 4.79. The first-order valence-electron chi connectivity index (χ1n) is 6.70. The molecule has 0 amide bonds. The zero-order chi connectivity index (χ0) is 14.9. The average molecular weight is 290 g/mol. The number of hydrogen-bond donors (Lipinski definition) is 0. The molecule has 4 nitrogen and oxygen atoms in total. The van der Waals surface area contributed by atoms with E-state index in [0.717, 1.165) is 5.69 Å². The molecule has 0 unspecified atom stereocenters. The van der Waals surface area contributed by atoms with E-state index in [-0.39, 0.29) is 25.1 Å². The van der Waals surface area contributed by atoms with E-state index in [1.165, 1.54) is 0 Å². The third kappa shape index (κ3) is 2.66. The van der Waals surface area contributed by atoms with Gasteiger partial charge in [0.05, 0.1) is 12.5 Å². The Balaban J connectivity index is 2.37. The quantitative estimate of drug-likeness (QED) is 0.804. The van der Waals surface area contributed by atoms with Gasteiger partial charge in [0.2, 0.25) is 0 Å². The van der Waals surface area contributed by atoms with Crippen molar-refractivity contribution >= 4 is 5.97 Å². The van der Waals surface area contributed by atoms with Crippen molar-refractivity contribution in [1.29, 1.82) is 0 Å². The normalized spacial score (nSPS) is 18.8. The number of alkyl halides is 3. The predicted molar refractivity (Wildman–Crippen MR) is 65.4 cm³/mol. The van der Waals surface area contributed by atoms with Crippen molar-refractivity contribution in [1.82, 2.24) is 9.78 Å². The van der Waals surface area contributed by atoms with Crippen LogP contribution in [0, 0.1) is 5.92 Å². The first-order valence-corrected chi connectivity index (χ1v) is 6.70. The van der Waals surface area contributed by atoms with Gasteiger partial charge in [-0.15, -0.1) is 0 Å². The minimum atomic E-state index is -4.24. The molecule has 0 aromatic carbocycles. The molecular formula is C13H17F3N2O2. The number of rotatable bonds is 3. The van der Waals surface area contributed by atoms with E-state index in [2.05, 4.69) is 5.10 Å². The summed E-state index contributed by atoms with van der Waals surface area (Å²) in [5.74, 6) is -2.04. The Morgan fingerprint density at radius 3 is 2.70 bits per heavy atom. The van der Waals surface area contributed by atoms with E-state index < -0.39 is 18.1 Å². The van der Waals surface area contributed by atoms with Crippen LogP contribution in [-0.2, 0) is 24.1 Å². The van der Waals surface area contributed by atoms with E-state index in [9.17, 15) is 18.0 Å². The van der Waals surface area contributed by atoms with Crippen molar-refractivity contribution in [3.8, 4) is 0 Å². The number of aromatic nitrogens is 2. The third-order valence-corrected chi connectivity index (χ3v) is 3.58. The van der Waals surface area contributed by atoms with Crippen LogP contribution in [0.3, 0.4) is 0 Å². The summed E-state index contributed by atoms with van der Waals surface area (Å²) in [4.78, 5) is 11.8. The second-order valence-electron chi connectivity index (χ2n) is 4.79. The summed E-state index contributed by atoms with van der Waals surface area (Å²) in [6.07, 6.45) is -4.09. The molecule has 0 fully saturated rings. The molecule has 1 atom stereocenters. The molecule has 0 radical (unpaired) electrons. The van der Waals surface area contributed by atoms with Gasteiger partial charge < -0.3 is 4.74 Å². The molecule has 112 valence electrons. The van der Waals surface area contributed by atoms with Crippen LogP contribution >= 0.6 is 0 Å². The first-order chi connectivity index (χ1) is 9.38. The fourth-order valence-corrected chi connectivity index (χ4v) is 2.59. The fourth-order valence-electron chi connectivity index (χ4n) is 2.59. The van der Waals surface area contributed by atoms with Crippen molar-refractivity contribution in [3.05, 3.63) is 17.0 Å². The van der Waals surface area contributed by atoms with Crippen molar-refractivity contribution in [2.45, 2.75) is 45.8 Å². The average Bonchev–Trinajstić information content (AvgIpc) is 2.75. The van der Waals surface area contributed by atoms with E-state index >= 15 is 0 Å². The van der Waals surface area contributed by atoms with E-state index in [0.29, 0.717) is 18.5 Å². The SMILES string of the molecule is CCOC(=O)c1nn(CC)c2c1C[C@@H](C(F)(F)F)CC2. The van der Waals surface area contributed by atoms with Crippen LogP contribution in [0.1, 0.15) is 42.0 Å². The number of fused-ring (bicyclic) bond motifs is 1. The molecule has 0 spiro atoms. The Morgan fingerprint density at radius 1 is 1.45 bits per heavy atom. The van der Waals surface area contributed by atoms with Crippen molar-refractivity contribution in [2.24, 2.45) is 5.92 Å². The summed E-state index contributed by atoms with van der Waals surface area (Å²) < 4.78 is 45.1. The Bertz CT molecular complexity index is 508. The highest BCUT2D eigenvalue weighted by atomic mass is 19.4. The van der Waals surface area contributed by atoms with Gasteiger partial charge in [0, 0.05) is 17.8 Å². The summed E-state index contributed by atoms with van der Waals surface area (Å²) in [6.45, 7) is 4.20. The lowest BCUT2D eigenvalue weighted by Gasteiger charge is -2.25. The monoisotopic (exact) mass is 290 g/mol. The fraction of sp³-hybridized carbons (Fsp3) is 0.692. The first kappa shape index (κ1) is 14.9. The Hall–Kier alpha value is -1.53. The Kier molecular flexibility index (Phi) is 4.06. The van der Waals surface area contributed by atoms with Crippen LogP contribution in [0.2, 0.25) is 0 Å². The second kappa shape index (κ2) is 5.46. The summed E-state index contributed by atoms with van der Waals surface area (Å²) in [7, 11) is 0. The predicted octanol–water partition coefficient (Wildman–Crippen LogP) is 2.75. The molecule has 1 aromatic rings. The van der Waals surface area contributed by atoms with Crippen LogP contribution in [0.4, 0.5) is 13.2 Å². The molecular weight excluding hydrogens is 273 g/mol. The molecule has 7 heteroatoms. The molecule has 0 aliphatic heterocycles. The maximum atomic E-state index is 12.9. The summed E-state index contributed by atoms with van der Waals surface area (Å²) in [5, 5.41) is 4.12. The van der Waals surface area contributed by atoms with Crippen LogP contribution in [-0.4, -0.2) is 28.5 Å². The topological polar surface area (TPSA) is 44.1 Å². The van der Waals surface area contributed by atoms with Crippen LogP contribution in [0.25, 0.3) is 0 Å². The largest absolute Gasteiger partial charge is 0.461 e. The van der Waals surface area contributed by atoms with Crippen LogP contribution < -0.4 is 0 Å². The van der Waals surface area contributed by atoms with Crippen molar-refractivity contribution < 1.29 is 22.7 Å². The molecule has 2 rings (SSSR count). The number of carbonyl (C=O) groups excluding carboxylic acids is 1. The van der Waals surface area contributed by atoms with E-state index in [1.54, 1.807) is 11.6 Å². The Morgan fingerprint density at radius 2 is 2.15 bits per heavy atom. The van der Waals surface area contributed by atoms with Crippen LogP contribution in [0.15, 0.2) is 0 Å². The van der Waals surface area contributed by atoms with Gasteiger partial charge in [-0.3, -0.25) is 4.68 Å². The lowest BCUT2D eigenvalue weighted by molar-refractivity contribution is -0.177. The van der Waals surface area contributed by atoms with Gasteiger partial charge in [-0.05, 0) is 33.1 Å². The Labute approximate surface area is 114 Å². The van der Waals surface area contributed by atoms with Gasteiger partial charge in [-0.1, -0.05) is 0 Å². The summed E-state index contributed by atoms with van der Waals surface area (Å²) in [6, 6.07) is 0. The molecule has 0 N–H and O–H groups in total. The van der Waals surface area contributed by atoms with E-state index in [1.807, 2.05) is 6.92 Å². The van der Waals surface area contributed by atoms with Gasteiger partial charge in [-0.2, -0.15) is 18.3 Å². The number of hydrogen-bond acceptors (Lipinski definition) is 3. The van der Waals surface area contributed by atoms with Gasteiger partial charge in [0.25, 0.3) is 0 Å². The van der Waals surface area contributed by atoms with Crippen molar-refractivity contribution in [2.75, 3.05) is 6.61 Å². The third-order valence-electron chi connectivity index (χ3n) is 3.58. The number of esters is 1. The number of halogens is 3. The van der Waals surface area contributed by atoms with Gasteiger partial charge in [0.15, 0.2) is 5.69 Å². The molecule has 0 bridgehead atoms. The highest BCUT2D eigenvalue weighted by Crippen LogP contribution is 2.38. The molecule has 0 saturated carbocycles. The molecule has 20 heavy (non-hydrogen) atoms. The van der Waals surface area contributed by atoms with Crippen LogP contribution in [0.5, 0.6) is 0 Å². The zero-order valence-electron chi connectivity index (χ0n) is 11.5. The summed E-state index contributed by atoms with van der Waals surface area (Å²) >= 11 is 0. The van der Waals surface area contributed by atoms with Gasteiger partial charge in [-0.25, -0.2) is 4.79 Å². The minimum absolute atomic E-state index is 0.0395. The smallest absolute Gasteiger partial charge is 0.392 e. The maximum absolute atomic E-state index is 12.9. The lowest BCUT2D eigenvalue weighted by Crippen LogP contribution is -2.29. The molecule has 0 saturated heterocycles. The van der Waals surface area contributed by atoms with Gasteiger partial charge in [0.1, 0.15) is 0 Å². The number of aryl methyl sites for hydroxylation is 1. The summed E-state index contributed by atoms with van der Waals surface area (Å²) in [5.41, 5.74) is 1.17. The highest BCUT2D eigenvalue weighted by Gasteiger charge is 2.43. The number of carbonyl (C=O) groups is 1. The molecule has 1 aliphatic carbocycles. The maximum Gasteiger partial charge on any atom is 0.392 e. The lowest BCUT2D eigenvalue weighted by atomic mass is 9.86. The van der Waals surface area contributed by atoms with E-state index in [4.69, 9.17) is 4.74 Å². The van der Waals surface area contributed by atoms with Gasteiger partial charge >= 0.3 is 12.1 Å². The minimum Gasteiger partial charge on any atom is -0.461 e. The molecule has 1 heterocycles. The number of nitrogens with zero attached hydrogens (tertiary/aromatic N) is 2. The standard InChI is InChI=1S/C13H17F3N2O2/c1-3-18-10-6-5-8(13(14,15)16)7-9(10)11(17-18)12(19)20-4-2/h8H,3-7H2,1-2H3/t8-/m0/s1. The zero-order valence-corrected chi connectivity index (χ0v) is 11.5. The molecule has 1 aromatic heterocycles.